The summed E-state index contributed by atoms with van der Waals surface area (Å²) < 4.78 is 26.6. The summed E-state index contributed by atoms with van der Waals surface area (Å²) in [5.74, 6) is -0.838. The molecule has 0 spiro atoms. The van der Waals surface area contributed by atoms with E-state index in [1.807, 2.05) is 0 Å². The van der Waals surface area contributed by atoms with E-state index in [4.69, 9.17) is 0 Å². The lowest BCUT2D eigenvalue weighted by molar-refractivity contribution is -0.385. The zero-order valence-electron chi connectivity index (χ0n) is 16.3. The largest absolute Gasteiger partial charge is 0.316 e. The molecule has 156 valence electrons. The number of carbonyl (C=O) groups excluding carboxylic acids is 1. The summed E-state index contributed by atoms with van der Waals surface area (Å²) in [4.78, 5) is 35.6. The van der Waals surface area contributed by atoms with E-state index in [-0.39, 0.29) is 16.1 Å². The first-order valence-corrected chi connectivity index (χ1v) is 10.5. The normalized spacial score (nSPS) is 11.3. The fourth-order valence-corrected chi connectivity index (χ4v) is 3.61. The van der Waals surface area contributed by atoms with Gasteiger partial charge in [0.05, 0.1) is 21.2 Å². The summed E-state index contributed by atoms with van der Waals surface area (Å²) in [5.41, 5.74) is -0.274. The molecule has 0 saturated heterocycles. The second kappa shape index (κ2) is 7.59. The van der Waals surface area contributed by atoms with Crippen molar-refractivity contribution in [3.05, 3.63) is 80.3 Å². The maximum Gasteiger partial charge on any atom is 0.295 e. The van der Waals surface area contributed by atoms with Gasteiger partial charge in [-0.25, -0.2) is 13.1 Å². The molecule has 0 radical (unpaired) electrons. The second-order valence-corrected chi connectivity index (χ2v) is 8.65. The smallest absolute Gasteiger partial charge is 0.295 e. The van der Waals surface area contributed by atoms with Crippen molar-refractivity contribution in [2.75, 3.05) is 11.6 Å². The van der Waals surface area contributed by atoms with Crippen LogP contribution < -0.4 is 10.9 Å². The zero-order chi connectivity index (χ0) is 22.2. The number of aromatic nitrogens is 2. The minimum Gasteiger partial charge on any atom is -0.316 e. The minimum atomic E-state index is -3.80. The number of rotatable bonds is 5. The van der Waals surface area contributed by atoms with Crippen LogP contribution in [0.2, 0.25) is 0 Å². The summed E-state index contributed by atoms with van der Waals surface area (Å²) >= 11 is 0. The van der Waals surface area contributed by atoms with Crippen molar-refractivity contribution < 1.29 is 18.1 Å². The number of nitro groups is 1. The maximum atomic E-state index is 12.9. The van der Waals surface area contributed by atoms with Crippen molar-refractivity contribution in [2.24, 2.45) is 7.05 Å². The van der Waals surface area contributed by atoms with Crippen LogP contribution in [0.15, 0.2) is 58.2 Å². The van der Waals surface area contributed by atoms with Crippen LogP contribution in [0, 0.1) is 17.0 Å². The molecule has 3 aromatic rings. The third-order valence-electron chi connectivity index (χ3n) is 4.59. The van der Waals surface area contributed by atoms with Crippen molar-refractivity contribution in [1.29, 1.82) is 0 Å². The molecule has 1 heterocycles. The molecule has 1 amide bonds. The predicted octanol–water partition coefficient (Wildman–Crippen LogP) is 2.05. The van der Waals surface area contributed by atoms with Gasteiger partial charge in [0.25, 0.3) is 17.2 Å². The molecule has 1 aromatic heterocycles. The van der Waals surface area contributed by atoms with Gasteiger partial charge in [0.1, 0.15) is 5.69 Å². The van der Waals surface area contributed by atoms with Gasteiger partial charge in [-0.05, 0) is 25.1 Å². The van der Waals surface area contributed by atoms with Gasteiger partial charge in [-0.3, -0.25) is 24.4 Å². The molecule has 0 saturated carbocycles. The third kappa shape index (κ3) is 3.87. The number of benzene rings is 2. The quantitative estimate of drug-likeness (QED) is 0.486. The Morgan fingerprint density at radius 2 is 1.77 bits per heavy atom. The zero-order valence-corrected chi connectivity index (χ0v) is 17.1. The number of anilines is 1. The van der Waals surface area contributed by atoms with Gasteiger partial charge in [-0.15, -0.1) is 0 Å². The van der Waals surface area contributed by atoms with Gasteiger partial charge in [0, 0.05) is 31.0 Å². The van der Waals surface area contributed by atoms with Crippen LogP contribution >= 0.6 is 0 Å². The molecule has 0 aliphatic carbocycles. The Balaban J connectivity index is 2.07. The molecule has 0 fully saturated rings. The molecule has 30 heavy (non-hydrogen) atoms. The van der Waals surface area contributed by atoms with Gasteiger partial charge >= 0.3 is 0 Å². The fraction of sp³-hybridized carbons (Fsp3) is 0.158. The Labute approximate surface area is 171 Å². The molecule has 1 N–H and O–H groups in total. The third-order valence-corrected chi connectivity index (χ3v) is 5.68. The van der Waals surface area contributed by atoms with Crippen LogP contribution in [-0.4, -0.2) is 34.9 Å². The van der Waals surface area contributed by atoms with Crippen LogP contribution in [0.1, 0.15) is 16.1 Å². The number of hydrogen-bond donors (Lipinski definition) is 1. The van der Waals surface area contributed by atoms with Crippen LogP contribution in [0.25, 0.3) is 5.69 Å². The highest BCUT2D eigenvalue weighted by Gasteiger charge is 2.22. The first-order valence-electron chi connectivity index (χ1n) is 8.65. The molecule has 2 aromatic carbocycles. The highest BCUT2D eigenvalue weighted by atomic mass is 32.2. The van der Waals surface area contributed by atoms with E-state index < -0.39 is 31.9 Å². The summed E-state index contributed by atoms with van der Waals surface area (Å²) in [7, 11) is -2.15. The van der Waals surface area contributed by atoms with E-state index in [9.17, 15) is 28.1 Å². The number of non-ortho nitro benzene ring substituents is 1. The topological polar surface area (TPSA) is 133 Å². The Morgan fingerprint density at radius 1 is 1.13 bits per heavy atom. The molecule has 10 nitrogen and oxygen atoms in total. The average Bonchev–Trinajstić information content (AvgIpc) is 2.90. The van der Waals surface area contributed by atoms with Crippen molar-refractivity contribution in [3.8, 4) is 5.69 Å². The molecule has 0 bridgehead atoms. The highest BCUT2D eigenvalue weighted by molar-refractivity contribution is 7.90. The van der Waals surface area contributed by atoms with Gasteiger partial charge in [0.2, 0.25) is 0 Å². The Morgan fingerprint density at radius 3 is 2.33 bits per heavy atom. The van der Waals surface area contributed by atoms with Crippen LogP contribution in [0.5, 0.6) is 0 Å². The molecule has 0 unspecified atom stereocenters. The second-order valence-electron chi connectivity index (χ2n) is 6.64. The number of amides is 1. The number of nitrogens with zero attached hydrogens (tertiary/aromatic N) is 3. The SMILES string of the molecule is Cc1c(NC(=O)c2cc([N+](=O)[O-])cc(S(C)(=O)=O)c2)c(=O)n(-c2ccccc2)n1C. The number of hydrogen-bond acceptors (Lipinski definition) is 6. The molecular weight excluding hydrogens is 412 g/mol. The Kier molecular flexibility index (Phi) is 5.31. The molecule has 3 rings (SSSR count). The standard InChI is InChI=1S/C19H18N4O6S/c1-12-17(19(25)22(21(12)2)14-7-5-4-6-8-14)20-18(24)13-9-15(23(26)27)11-16(10-13)30(3,28)29/h4-11H,1-3H3,(H,20,24). The summed E-state index contributed by atoms with van der Waals surface area (Å²) in [6.07, 6.45) is 0.883. The van der Waals surface area contributed by atoms with E-state index in [0.717, 1.165) is 24.5 Å². The molecule has 0 aliphatic heterocycles. The van der Waals surface area contributed by atoms with E-state index in [2.05, 4.69) is 5.32 Å². The Hall–Kier alpha value is -3.73. The number of carbonyl (C=O) groups is 1. The minimum absolute atomic E-state index is 0.0150. The fourth-order valence-electron chi connectivity index (χ4n) is 2.93. The predicted molar refractivity (Wildman–Crippen MR) is 110 cm³/mol. The molecular formula is C19H18N4O6S. The highest BCUT2D eigenvalue weighted by Crippen LogP contribution is 2.22. The van der Waals surface area contributed by atoms with Crippen molar-refractivity contribution in [3.63, 3.8) is 0 Å². The molecule has 0 aliphatic rings. The lowest BCUT2D eigenvalue weighted by atomic mass is 10.2. The van der Waals surface area contributed by atoms with Crippen molar-refractivity contribution in [1.82, 2.24) is 9.36 Å². The molecule has 0 atom stereocenters. The van der Waals surface area contributed by atoms with Gasteiger partial charge in [0.15, 0.2) is 9.84 Å². The first kappa shape index (κ1) is 21.0. The van der Waals surface area contributed by atoms with Crippen molar-refractivity contribution >= 4 is 27.1 Å². The van der Waals surface area contributed by atoms with Crippen molar-refractivity contribution in [2.45, 2.75) is 11.8 Å². The number of sulfone groups is 1. The van der Waals surface area contributed by atoms with Crippen LogP contribution in [0.4, 0.5) is 11.4 Å². The van der Waals surface area contributed by atoms with Crippen LogP contribution in [0.3, 0.4) is 0 Å². The van der Waals surface area contributed by atoms with E-state index >= 15 is 0 Å². The summed E-state index contributed by atoms with van der Waals surface area (Å²) in [6.45, 7) is 1.63. The van der Waals surface area contributed by atoms with E-state index in [1.165, 1.54) is 4.68 Å². The maximum absolute atomic E-state index is 12.9. The monoisotopic (exact) mass is 430 g/mol. The van der Waals surface area contributed by atoms with Crippen LogP contribution in [-0.2, 0) is 16.9 Å². The average molecular weight is 430 g/mol. The lowest BCUT2D eigenvalue weighted by Crippen LogP contribution is -2.23. The lowest BCUT2D eigenvalue weighted by Gasteiger charge is -2.07. The first-order chi connectivity index (χ1) is 14.0. The summed E-state index contributed by atoms with van der Waals surface area (Å²) in [6, 6.07) is 11.6. The summed E-state index contributed by atoms with van der Waals surface area (Å²) in [5, 5.41) is 13.6. The van der Waals surface area contributed by atoms with Gasteiger partial charge in [-0.1, -0.05) is 18.2 Å². The van der Waals surface area contributed by atoms with E-state index in [1.54, 1.807) is 49.0 Å². The number of nitrogens with one attached hydrogen (secondary N) is 1. The number of nitro benzene ring substituents is 1. The van der Waals surface area contributed by atoms with E-state index in [0.29, 0.717) is 11.4 Å². The molecule has 11 heteroatoms. The van der Waals surface area contributed by atoms with Gasteiger partial charge < -0.3 is 5.32 Å². The van der Waals surface area contributed by atoms with Gasteiger partial charge in [-0.2, -0.15) is 0 Å². The Bertz CT molecular complexity index is 1320. The number of para-hydroxylation sites is 1.